The predicted molar refractivity (Wildman–Crippen MR) is 85.5 cm³/mol. The summed E-state index contributed by atoms with van der Waals surface area (Å²) in [6.07, 6.45) is 4.77. The molecule has 0 amide bonds. The summed E-state index contributed by atoms with van der Waals surface area (Å²) < 4.78 is 0. The Balaban J connectivity index is 2.08. The summed E-state index contributed by atoms with van der Waals surface area (Å²) in [5.41, 5.74) is 1.37. The van der Waals surface area contributed by atoms with Crippen molar-refractivity contribution in [3.8, 4) is 11.3 Å². The molecule has 6 heteroatoms. The maximum Gasteiger partial charge on any atom is 0.356 e. The van der Waals surface area contributed by atoms with Crippen LogP contribution in [0, 0.1) is 0 Å². The Morgan fingerprint density at radius 3 is 2.45 bits per heavy atom. The van der Waals surface area contributed by atoms with Crippen molar-refractivity contribution in [3.05, 3.63) is 41.2 Å². The van der Waals surface area contributed by atoms with Gasteiger partial charge >= 0.3 is 5.97 Å². The van der Waals surface area contributed by atoms with Crippen molar-refractivity contribution >= 4 is 23.4 Å². The SMILES string of the molecule is O=C(O)c1cnc(N2CCCCC2)c(-c2ccc(Cl)cc2)n1. The minimum Gasteiger partial charge on any atom is -0.476 e. The van der Waals surface area contributed by atoms with E-state index in [9.17, 15) is 4.79 Å². The molecule has 0 atom stereocenters. The lowest BCUT2D eigenvalue weighted by molar-refractivity contribution is 0.0690. The number of aromatic nitrogens is 2. The number of carbonyl (C=O) groups is 1. The molecule has 2 aromatic rings. The first kappa shape index (κ1) is 14.8. The molecular weight excluding hydrogens is 302 g/mol. The van der Waals surface area contributed by atoms with Gasteiger partial charge in [0.15, 0.2) is 11.5 Å². The summed E-state index contributed by atoms with van der Waals surface area (Å²) in [5, 5.41) is 9.79. The Morgan fingerprint density at radius 1 is 1.14 bits per heavy atom. The van der Waals surface area contributed by atoms with Gasteiger partial charge < -0.3 is 10.0 Å². The van der Waals surface area contributed by atoms with Crippen LogP contribution in [0.3, 0.4) is 0 Å². The van der Waals surface area contributed by atoms with Crippen LogP contribution in [0.4, 0.5) is 5.82 Å². The highest BCUT2D eigenvalue weighted by molar-refractivity contribution is 6.30. The number of piperidine rings is 1. The van der Waals surface area contributed by atoms with Crippen LogP contribution < -0.4 is 4.90 Å². The fourth-order valence-electron chi connectivity index (χ4n) is 2.62. The van der Waals surface area contributed by atoms with Gasteiger partial charge in [0.25, 0.3) is 0 Å². The van der Waals surface area contributed by atoms with Crippen molar-refractivity contribution in [2.75, 3.05) is 18.0 Å². The zero-order chi connectivity index (χ0) is 15.5. The first-order valence-electron chi connectivity index (χ1n) is 7.26. The van der Waals surface area contributed by atoms with Gasteiger partial charge in [-0.15, -0.1) is 0 Å². The molecule has 1 aromatic heterocycles. The minimum atomic E-state index is -1.08. The minimum absolute atomic E-state index is 0.0503. The number of nitrogens with zero attached hydrogens (tertiary/aromatic N) is 3. The standard InChI is InChI=1S/C16H16ClN3O2/c17-12-6-4-11(5-7-12)14-15(20-8-2-1-3-9-20)18-10-13(19-14)16(21)22/h4-7,10H,1-3,8-9H2,(H,21,22). The lowest BCUT2D eigenvalue weighted by atomic mass is 10.1. The van der Waals surface area contributed by atoms with E-state index in [0.29, 0.717) is 10.7 Å². The van der Waals surface area contributed by atoms with Crippen LogP contribution in [0.25, 0.3) is 11.3 Å². The highest BCUT2D eigenvalue weighted by Crippen LogP contribution is 2.30. The molecule has 5 nitrogen and oxygen atoms in total. The third-order valence-corrected chi connectivity index (χ3v) is 4.00. The summed E-state index contributed by atoms with van der Waals surface area (Å²) in [5.74, 6) is -0.333. The normalized spacial score (nSPS) is 14.9. The van der Waals surface area contributed by atoms with Crippen molar-refractivity contribution in [2.24, 2.45) is 0 Å². The van der Waals surface area contributed by atoms with Gasteiger partial charge in [0.1, 0.15) is 5.69 Å². The van der Waals surface area contributed by atoms with Crippen molar-refractivity contribution in [1.29, 1.82) is 0 Å². The van der Waals surface area contributed by atoms with Gasteiger partial charge in [-0.3, -0.25) is 0 Å². The molecule has 1 saturated heterocycles. The van der Waals surface area contributed by atoms with Gasteiger partial charge in [-0.05, 0) is 31.4 Å². The molecule has 2 heterocycles. The zero-order valence-corrected chi connectivity index (χ0v) is 12.8. The van der Waals surface area contributed by atoms with E-state index in [0.717, 1.165) is 37.3 Å². The summed E-state index contributed by atoms with van der Waals surface area (Å²) in [7, 11) is 0. The topological polar surface area (TPSA) is 66.3 Å². The molecule has 0 radical (unpaired) electrons. The monoisotopic (exact) mass is 317 g/mol. The molecule has 3 rings (SSSR count). The second-order valence-corrected chi connectivity index (χ2v) is 5.72. The lowest BCUT2D eigenvalue weighted by Gasteiger charge is -2.29. The molecule has 0 unspecified atom stereocenters. The van der Waals surface area contributed by atoms with E-state index >= 15 is 0 Å². The van der Waals surface area contributed by atoms with Crippen LogP contribution in [0.2, 0.25) is 5.02 Å². The van der Waals surface area contributed by atoms with Crippen LogP contribution in [0.1, 0.15) is 29.8 Å². The second-order valence-electron chi connectivity index (χ2n) is 5.29. The Kier molecular flexibility index (Phi) is 4.24. The highest BCUT2D eigenvalue weighted by Gasteiger charge is 2.20. The van der Waals surface area contributed by atoms with Gasteiger partial charge in [0.05, 0.1) is 6.20 Å². The second kappa shape index (κ2) is 6.32. The summed E-state index contributed by atoms with van der Waals surface area (Å²) in [6.45, 7) is 1.84. The van der Waals surface area contributed by atoms with Crippen molar-refractivity contribution in [3.63, 3.8) is 0 Å². The number of carboxylic acid groups (broad SMARTS) is 1. The fraction of sp³-hybridized carbons (Fsp3) is 0.312. The molecule has 1 aromatic carbocycles. The van der Waals surface area contributed by atoms with Crippen molar-refractivity contribution in [2.45, 2.75) is 19.3 Å². The maximum absolute atomic E-state index is 11.2. The largest absolute Gasteiger partial charge is 0.476 e. The van der Waals surface area contributed by atoms with Crippen molar-refractivity contribution in [1.82, 2.24) is 9.97 Å². The molecule has 0 saturated carbocycles. The summed E-state index contributed by atoms with van der Waals surface area (Å²) in [6, 6.07) is 7.22. The number of rotatable bonds is 3. The van der Waals surface area contributed by atoms with E-state index in [4.69, 9.17) is 16.7 Å². The Labute approximate surface area is 133 Å². The van der Waals surface area contributed by atoms with E-state index in [-0.39, 0.29) is 5.69 Å². The summed E-state index contributed by atoms with van der Waals surface area (Å²) in [4.78, 5) is 22.0. The number of aromatic carboxylic acids is 1. The molecule has 1 aliphatic heterocycles. The average molecular weight is 318 g/mol. The smallest absolute Gasteiger partial charge is 0.356 e. The summed E-state index contributed by atoms with van der Waals surface area (Å²) >= 11 is 5.93. The molecule has 0 spiro atoms. The molecule has 22 heavy (non-hydrogen) atoms. The zero-order valence-electron chi connectivity index (χ0n) is 12.0. The van der Waals surface area contributed by atoms with E-state index in [1.54, 1.807) is 12.1 Å². The van der Waals surface area contributed by atoms with E-state index in [2.05, 4.69) is 14.9 Å². The van der Waals surface area contributed by atoms with Gasteiger partial charge in [-0.1, -0.05) is 23.7 Å². The predicted octanol–water partition coefficient (Wildman–Crippen LogP) is 3.49. The number of hydrogen-bond acceptors (Lipinski definition) is 4. The Bertz CT molecular complexity index is 682. The third kappa shape index (κ3) is 3.04. The van der Waals surface area contributed by atoms with Crippen LogP contribution in [-0.4, -0.2) is 34.1 Å². The van der Waals surface area contributed by atoms with Crippen molar-refractivity contribution < 1.29 is 9.90 Å². The van der Waals surface area contributed by atoms with Gasteiger partial charge in [-0.2, -0.15) is 0 Å². The lowest BCUT2D eigenvalue weighted by Crippen LogP contribution is -2.31. The number of carboxylic acids is 1. The fourth-order valence-corrected chi connectivity index (χ4v) is 2.75. The van der Waals surface area contributed by atoms with Gasteiger partial charge in [0.2, 0.25) is 0 Å². The first-order valence-corrected chi connectivity index (χ1v) is 7.64. The average Bonchev–Trinajstić information content (AvgIpc) is 2.56. The number of halogens is 1. The molecule has 1 fully saturated rings. The third-order valence-electron chi connectivity index (χ3n) is 3.75. The molecule has 0 aliphatic carbocycles. The molecule has 0 bridgehead atoms. The van der Waals surface area contributed by atoms with Crippen LogP contribution in [-0.2, 0) is 0 Å². The molecule has 114 valence electrons. The van der Waals surface area contributed by atoms with Gasteiger partial charge in [0, 0.05) is 23.7 Å². The van der Waals surface area contributed by atoms with E-state index in [1.807, 2.05) is 12.1 Å². The van der Waals surface area contributed by atoms with Crippen LogP contribution in [0.15, 0.2) is 30.5 Å². The van der Waals surface area contributed by atoms with E-state index in [1.165, 1.54) is 12.6 Å². The van der Waals surface area contributed by atoms with Crippen LogP contribution >= 0.6 is 11.6 Å². The van der Waals surface area contributed by atoms with E-state index < -0.39 is 5.97 Å². The highest BCUT2D eigenvalue weighted by atomic mass is 35.5. The maximum atomic E-state index is 11.2. The Hall–Kier alpha value is -2.14. The first-order chi connectivity index (χ1) is 10.6. The number of hydrogen-bond donors (Lipinski definition) is 1. The Morgan fingerprint density at radius 2 is 1.82 bits per heavy atom. The number of benzene rings is 1. The molecule has 1 N–H and O–H groups in total. The number of anilines is 1. The molecular formula is C16H16ClN3O2. The molecule has 1 aliphatic rings. The van der Waals surface area contributed by atoms with Gasteiger partial charge in [-0.25, -0.2) is 14.8 Å². The quantitative estimate of drug-likeness (QED) is 0.938. The van der Waals surface area contributed by atoms with Crippen LogP contribution in [0.5, 0.6) is 0 Å².